The van der Waals surface area contributed by atoms with Crippen LogP contribution in [-0.4, -0.2) is 17.4 Å². The highest BCUT2D eigenvalue weighted by Crippen LogP contribution is 2.27. The molecule has 0 radical (unpaired) electrons. The topological polar surface area (TPSA) is 33.2 Å². The Bertz CT molecular complexity index is 657. The van der Waals surface area contributed by atoms with E-state index in [2.05, 4.69) is 10.9 Å². The third-order valence-corrected chi connectivity index (χ3v) is 3.26. The van der Waals surface area contributed by atoms with Gasteiger partial charge in [0.05, 0.1) is 5.52 Å². The summed E-state index contributed by atoms with van der Waals surface area (Å²) in [5, 5.41) is 1.03. The van der Waals surface area contributed by atoms with E-state index in [-0.39, 0.29) is 11.8 Å². The summed E-state index contributed by atoms with van der Waals surface area (Å²) in [5.41, 5.74) is 1.83. The molecule has 1 aromatic carbocycles. The Morgan fingerprint density at radius 3 is 3.06 bits per heavy atom. The third-order valence-electron chi connectivity index (χ3n) is 3.26. The number of fused-ring (bicyclic) bond motifs is 1. The molecule has 0 saturated carbocycles. The summed E-state index contributed by atoms with van der Waals surface area (Å²) in [5.74, 6) is 2.78. The van der Waals surface area contributed by atoms with Gasteiger partial charge in [-0.2, -0.15) is 0 Å². The maximum atomic E-state index is 11.9. The van der Waals surface area contributed by atoms with Crippen molar-refractivity contribution in [1.82, 2.24) is 4.98 Å². The molecule has 0 N–H and O–H groups in total. The zero-order valence-electron chi connectivity index (χ0n) is 9.84. The number of hydrogen-bond acceptors (Lipinski definition) is 2. The SMILES string of the molecule is C#CC1CC(=O)N(c2ccc3ncccc3c2)C1. The largest absolute Gasteiger partial charge is 0.311 e. The summed E-state index contributed by atoms with van der Waals surface area (Å²) in [6.45, 7) is 0.612. The maximum absolute atomic E-state index is 11.9. The van der Waals surface area contributed by atoms with Crippen LogP contribution in [0.4, 0.5) is 5.69 Å². The van der Waals surface area contributed by atoms with Crippen LogP contribution in [0.2, 0.25) is 0 Å². The van der Waals surface area contributed by atoms with Gasteiger partial charge in [0.25, 0.3) is 0 Å². The lowest BCUT2D eigenvalue weighted by molar-refractivity contribution is -0.117. The van der Waals surface area contributed by atoms with E-state index in [0.717, 1.165) is 16.6 Å². The molecule has 2 heterocycles. The second-order valence-corrected chi connectivity index (χ2v) is 4.45. The lowest BCUT2D eigenvalue weighted by Crippen LogP contribution is -2.24. The van der Waals surface area contributed by atoms with Crippen LogP contribution in [0.5, 0.6) is 0 Å². The summed E-state index contributed by atoms with van der Waals surface area (Å²) in [7, 11) is 0. The first kappa shape index (κ1) is 10.8. The van der Waals surface area contributed by atoms with E-state index in [9.17, 15) is 4.79 Å². The van der Waals surface area contributed by atoms with E-state index in [1.807, 2.05) is 30.3 Å². The molecule has 1 aliphatic heterocycles. The van der Waals surface area contributed by atoms with Crippen LogP contribution in [0.1, 0.15) is 6.42 Å². The Morgan fingerprint density at radius 2 is 2.28 bits per heavy atom. The predicted octanol–water partition coefficient (Wildman–Crippen LogP) is 2.22. The molecule has 0 aliphatic carbocycles. The van der Waals surface area contributed by atoms with Crippen molar-refractivity contribution in [2.75, 3.05) is 11.4 Å². The van der Waals surface area contributed by atoms with Gasteiger partial charge >= 0.3 is 0 Å². The number of amides is 1. The van der Waals surface area contributed by atoms with Gasteiger partial charge in [0.2, 0.25) is 5.91 Å². The van der Waals surface area contributed by atoms with E-state index in [1.54, 1.807) is 11.1 Å². The van der Waals surface area contributed by atoms with Gasteiger partial charge in [0.15, 0.2) is 0 Å². The van der Waals surface area contributed by atoms with Gasteiger partial charge in [0.1, 0.15) is 0 Å². The molecule has 3 heteroatoms. The first-order valence-electron chi connectivity index (χ1n) is 5.89. The minimum absolute atomic E-state index is 0.0297. The van der Waals surface area contributed by atoms with Crippen molar-refractivity contribution in [1.29, 1.82) is 0 Å². The molecular weight excluding hydrogens is 224 g/mol. The normalized spacial score (nSPS) is 19.2. The molecule has 1 unspecified atom stereocenters. The Morgan fingerprint density at radius 1 is 1.39 bits per heavy atom. The van der Waals surface area contributed by atoms with Crippen molar-refractivity contribution in [2.24, 2.45) is 5.92 Å². The minimum Gasteiger partial charge on any atom is -0.311 e. The average Bonchev–Trinajstić information content (AvgIpc) is 2.79. The van der Waals surface area contributed by atoms with Crippen molar-refractivity contribution in [2.45, 2.75) is 6.42 Å². The fourth-order valence-corrected chi connectivity index (χ4v) is 2.30. The van der Waals surface area contributed by atoms with Gasteiger partial charge in [-0.05, 0) is 24.3 Å². The summed E-state index contributed by atoms with van der Waals surface area (Å²) in [6.07, 6.45) is 7.60. The third kappa shape index (κ3) is 1.72. The number of carbonyl (C=O) groups is 1. The molecule has 1 aliphatic rings. The molecular formula is C15H12N2O. The van der Waals surface area contributed by atoms with Gasteiger partial charge in [-0.3, -0.25) is 9.78 Å². The second-order valence-electron chi connectivity index (χ2n) is 4.45. The molecule has 0 bridgehead atoms. The highest BCUT2D eigenvalue weighted by Gasteiger charge is 2.29. The standard InChI is InChI=1S/C15H12N2O/c1-2-11-8-15(18)17(10-11)13-5-6-14-12(9-13)4-3-7-16-14/h1,3-7,9,11H,8,10H2. The molecule has 0 spiro atoms. The molecule has 2 aromatic rings. The van der Waals surface area contributed by atoms with Crippen molar-refractivity contribution in [3.05, 3.63) is 36.5 Å². The van der Waals surface area contributed by atoms with E-state index in [4.69, 9.17) is 6.42 Å². The molecule has 88 valence electrons. The van der Waals surface area contributed by atoms with Crippen molar-refractivity contribution in [3.63, 3.8) is 0 Å². The van der Waals surface area contributed by atoms with Crippen molar-refractivity contribution >= 4 is 22.5 Å². The average molecular weight is 236 g/mol. The van der Waals surface area contributed by atoms with E-state index in [1.165, 1.54) is 0 Å². The number of hydrogen-bond donors (Lipinski definition) is 0. The highest BCUT2D eigenvalue weighted by atomic mass is 16.2. The number of terminal acetylenes is 1. The van der Waals surface area contributed by atoms with Gasteiger partial charge < -0.3 is 4.90 Å². The van der Waals surface area contributed by atoms with Crippen LogP contribution in [-0.2, 0) is 4.79 Å². The molecule has 18 heavy (non-hydrogen) atoms. The first-order chi connectivity index (χ1) is 8.78. The Balaban J connectivity index is 2.00. The van der Waals surface area contributed by atoms with E-state index < -0.39 is 0 Å². The lowest BCUT2D eigenvalue weighted by atomic mass is 10.1. The lowest BCUT2D eigenvalue weighted by Gasteiger charge is -2.16. The number of anilines is 1. The van der Waals surface area contributed by atoms with Gasteiger partial charge in [-0.25, -0.2) is 0 Å². The number of aromatic nitrogens is 1. The predicted molar refractivity (Wildman–Crippen MR) is 71.0 cm³/mol. The molecule has 1 atom stereocenters. The highest BCUT2D eigenvalue weighted by molar-refractivity contribution is 5.98. The molecule has 3 rings (SSSR count). The Hall–Kier alpha value is -2.34. The Kier molecular flexibility index (Phi) is 2.49. The van der Waals surface area contributed by atoms with Crippen LogP contribution < -0.4 is 4.90 Å². The van der Waals surface area contributed by atoms with Crippen molar-refractivity contribution < 1.29 is 4.79 Å². The summed E-state index contributed by atoms with van der Waals surface area (Å²) >= 11 is 0. The van der Waals surface area contributed by atoms with Crippen LogP contribution in [0.3, 0.4) is 0 Å². The fourth-order valence-electron chi connectivity index (χ4n) is 2.30. The van der Waals surface area contributed by atoms with Gasteiger partial charge in [-0.15, -0.1) is 12.3 Å². The number of rotatable bonds is 1. The number of pyridine rings is 1. The number of benzene rings is 1. The van der Waals surface area contributed by atoms with Gasteiger partial charge in [0, 0.05) is 36.2 Å². The zero-order valence-corrected chi connectivity index (χ0v) is 9.84. The van der Waals surface area contributed by atoms with Crippen LogP contribution in [0, 0.1) is 18.3 Å². The van der Waals surface area contributed by atoms with E-state index >= 15 is 0 Å². The molecule has 3 nitrogen and oxygen atoms in total. The van der Waals surface area contributed by atoms with Crippen LogP contribution >= 0.6 is 0 Å². The number of nitrogens with zero attached hydrogens (tertiary/aromatic N) is 2. The Labute approximate surface area is 105 Å². The summed E-state index contributed by atoms with van der Waals surface area (Å²) < 4.78 is 0. The summed E-state index contributed by atoms with van der Waals surface area (Å²) in [6, 6.07) is 9.72. The number of carbonyl (C=O) groups excluding carboxylic acids is 1. The van der Waals surface area contributed by atoms with Crippen LogP contribution in [0.15, 0.2) is 36.5 Å². The summed E-state index contributed by atoms with van der Waals surface area (Å²) in [4.78, 5) is 17.9. The van der Waals surface area contributed by atoms with Gasteiger partial charge in [-0.1, -0.05) is 6.07 Å². The molecule has 1 amide bonds. The van der Waals surface area contributed by atoms with E-state index in [0.29, 0.717) is 13.0 Å². The zero-order chi connectivity index (χ0) is 12.5. The van der Waals surface area contributed by atoms with Crippen LogP contribution in [0.25, 0.3) is 10.9 Å². The first-order valence-corrected chi connectivity index (χ1v) is 5.89. The second kappa shape index (κ2) is 4.15. The molecule has 1 saturated heterocycles. The fraction of sp³-hybridized carbons (Fsp3) is 0.200. The molecule has 1 fully saturated rings. The maximum Gasteiger partial charge on any atom is 0.228 e. The monoisotopic (exact) mass is 236 g/mol. The van der Waals surface area contributed by atoms with Crippen molar-refractivity contribution in [3.8, 4) is 12.3 Å². The minimum atomic E-state index is 0.0297. The molecule has 1 aromatic heterocycles. The smallest absolute Gasteiger partial charge is 0.228 e. The quantitative estimate of drug-likeness (QED) is 0.711.